The summed E-state index contributed by atoms with van der Waals surface area (Å²) in [6, 6.07) is 10.0. The van der Waals surface area contributed by atoms with Gasteiger partial charge in [0.25, 0.3) is 0 Å². The number of ether oxygens (including phenoxy) is 1. The fourth-order valence-electron chi connectivity index (χ4n) is 3.39. The molecule has 2 nitrogen and oxygen atoms in total. The third kappa shape index (κ3) is 8.55. The summed E-state index contributed by atoms with van der Waals surface area (Å²) in [6.45, 7) is 7.23. The molecule has 0 N–H and O–H groups in total. The van der Waals surface area contributed by atoms with Crippen LogP contribution < -0.4 is 0 Å². The maximum absolute atomic E-state index is 12.6. The number of benzene rings is 1. The molecule has 0 aliphatic heterocycles. The monoisotopic (exact) mass is 440 g/mol. The van der Waals surface area contributed by atoms with Crippen molar-refractivity contribution < 1.29 is 9.53 Å². The third-order valence-corrected chi connectivity index (χ3v) is 20.0. The Morgan fingerprint density at radius 2 is 1.38 bits per heavy atom. The van der Waals surface area contributed by atoms with E-state index in [0.717, 1.165) is 10.0 Å². The topological polar surface area (TPSA) is 26.3 Å². The van der Waals surface area contributed by atoms with E-state index < -0.39 is 18.4 Å². The number of hydrogen-bond donors (Lipinski definition) is 0. The molecule has 0 aliphatic rings. The standard InChI is InChI=1S/C9H9O2.3C4H9.Sn/c1-8(10)11-7-9-5-3-2-4-6-9;3*1-3-4-2;/h2-6H,1,7H2;3*1,3-4H2,2H3;. The first-order valence-corrected chi connectivity index (χ1v) is 17.9. The van der Waals surface area contributed by atoms with Gasteiger partial charge in [0.15, 0.2) is 0 Å². The first kappa shape index (κ1) is 21.5. The second-order valence-electron chi connectivity index (χ2n) is 7.13. The summed E-state index contributed by atoms with van der Waals surface area (Å²) in [6.07, 6.45) is 7.64. The predicted molar refractivity (Wildman–Crippen MR) is 106 cm³/mol. The number of hydrogen-bond acceptors (Lipinski definition) is 2. The number of carbonyl (C=O) groups is 1. The van der Waals surface area contributed by atoms with Crippen LogP contribution in [0.3, 0.4) is 0 Å². The summed E-state index contributed by atoms with van der Waals surface area (Å²) >= 11 is -2.40. The Bertz CT molecular complexity index is 423. The van der Waals surface area contributed by atoms with E-state index >= 15 is 0 Å². The second kappa shape index (κ2) is 12.8. The SMILES string of the molecule is CCC[CH2][Sn]([CH2]CCC)([CH2]CCC)[CH2]C(=O)OCc1ccccc1. The van der Waals surface area contributed by atoms with E-state index in [9.17, 15) is 4.79 Å². The molecule has 0 saturated heterocycles. The summed E-state index contributed by atoms with van der Waals surface area (Å²) in [5, 5.41) is 0. The van der Waals surface area contributed by atoms with Crippen LogP contribution in [0.1, 0.15) is 64.9 Å². The van der Waals surface area contributed by atoms with Gasteiger partial charge in [0.2, 0.25) is 0 Å². The van der Waals surface area contributed by atoms with Crippen molar-refractivity contribution in [2.24, 2.45) is 0 Å². The molecule has 0 radical (unpaired) electrons. The molecule has 1 rings (SSSR count). The molecule has 0 fully saturated rings. The van der Waals surface area contributed by atoms with Crippen LogP contribution in [0.5, 0.6) is 0 Å². The zero-order valence-electron chi connectivity index (χ0n) is 16.0. The quantitative estimate of drug-likeness (QED) is 0.257. The third-order valence-electron chi connectivity index (χ3n) is 4.94. The molecule has 0 spiro atoms. The van der Waals surface area contributed by atoms with Gasteiger partial charge in [0, 0.05) is 0 Å². The first-order chi connectivity index (χ1) is 11.7. The van der Waals surface area contributed by atoms with Gasteiger partial charge >= 0.3 is 153 Å². The van der Waals surface area contributed by atoms with Gasteiger partial charge in [-0.25, -0.2) is 0 Å². The van der Waals surface area contributed by atoms with Gasteiger partial charge in [-0.05, 0) is 0 Å². The van der Waals surface area contributed by atoms with Crippen molar-refractivity contribution in [1.82, 2.24) is 0 Å². The molecule has 0 aromatic heterocycles. The maximum atomic E-state index is 12.6. The Hall–Kier alpha value is -0.511. The normalized spacial score (nSPS) is 11.5. The minimum atomic E-state index is -2.40. The molecule has 0 atom stereocenters. The van der Waals surface area contributed by atoms with Gasteiger partial charge < -0.3 is 0 Å². The zero-order valence-corrected chi connectivity index (χ0v) is 18.8. The van der Waals surface area contributed by atoms with Gasteiger partial charge in [-0.2, -0.15) is 0 Å². The first-order valence-electron chi connectivity index (χ1n) is 9.85. The van der Waals surface area contributed by atoms with E-state index in [2.05, 4.69) is 20.8 Å². The van der Waals surface area contributed by atoms with Crippen LogP contribution in [-0.2, 0) is 16.1 Å². The van der Waals surface area contributed by atoms with E-state index in [1.54, 1.807) is 0 Å². The molecule has 0 amide bonds. The van der Waals surface area contributed by atoms with Crippen LogP contribution >= 0.6 is 0 Å². The van der Waals surface area contributed by atoms with Crippen LogP contribution in [0.15, 0.2) is 30.3 Å². The molecule has 0 unspecified atom stereocenters. The van der Waals surface area contributed by atoms with Crippen LogP contribution in [0.25, 0.3) is 0 Å². The molecule has 1 aromatic rings. The van der Waals surface area contributed by atoms with Crippen LogP contribution in [-0.4, -0.2) is 24.3 Å². The van der Waals surface area contributed by atoms with Crippen molar-refractivity contribution in [3.63, 3.8) is 0 Å². The average Bonchev–Trinajstić information content (AvgIpc) is 2.62. The fraction of sp³-hybridized carbons (Fsp3) is 0.667. The van der Waals surface area contributed by atoms with Crippen molar-refractivity contribution in [2.45, 2.75) is 83.6 Å². The zero-order chi connectivity index (χ0) is 17.7. The molecule has 24 heavy (non-hydrogen) atoms. The Morgan fingerprint density at radius 3 is 1.83 bits per heavy atom. The van der Waals surface area contributed by atoms with Gasteiger partial charge in [-0.3, -0.25) is 0 Å². The van der Waals surface area contributed by atoms with Gasteiger partial charge in [-0.1, -0.05) is 0 Å². The van der Waals surface area contributed by atoms with Gasteiger partial charge in [0.05, 0.1) is 0 Å². The summed E-state index contributed by atoms with van der Waals surface area (Å²) < 4.78 is 10.5. The summed E-state index contributed by atoms with van der Waals surface area (Å²) in [5.41, 5.74) is 1.09. The molecular weight excluding hydrogens is 403 g/mol. The van der Waals surface area contributed by atoms with Gasteiger partial charge in [-0.15, -0.1) is 0 Å². The molecule has 0 bridgehead atoms. The van der Waals surface area contributed by atoms with Crippen molar-refractivity contribution in [3.8, 4) is 0 Å². The van der Waals surface area contributed by atoms with Crippen LogP contribution in [0.2, 0.25) is 17.7 Å². The summed E-state index contributed by atoms with van der Waals surface area (Å²) in [7, 11) is 0. The predicted octanol–water partition coefficient (Wildman–Crippen LogP) is 6.58. The van der Waals surface area contributed by atoms with E-state index in [1.807, 2.05) is 30.3 Å². The van der Waals surface area contributed by atoms with Crippen molar-refractivity contribution in [3.05, 3.63) is 35.9 Å². The van der Waals surface area contributed by atoms with Gasteiger partial charge in [0.1, 0.15) is 0 Å². The van der Waals surface area contributed by atoms with Crippen LogP contribution in [0.4, 0.5) is 0 Å². The number of esters is 1. The fourth-order valence-corrected chi connectivity index (χ4v) is 18.5. The molecular formula is C21H36O2Sn. The second-order valence-corrected chi connectivity index (χ2v) is 21.0. The minimum absolute atomic E-state index is 0.0676. The Labute approximate surface area is 153 Å². The Kier molecular flexibility index (Phi) is 11.5. The summed E-state index contributed by atoms with van der Waals surface area (Å²) in [5.74, 6) is 0.0676. The number of carbonyl (C=O) groups excluding carboxylic acids is 1. The molecule has 1 aromatic carbocycles. The molecule has 0 heterocycles. The molecule has 0 saturated carbocycles. The molecule has 136 valence electrons. The van der Waals surface area contributed by atoms with E-state index in [-0.39, 0.29) is 5.97 Å². The van der Waals surface area contributed by atoms with E-state index in [0.29, 0.717) is 6.61 Å². The number of unbranched alkanes of at least 4 members (excludes halogenated alkanes) is 3. The molecule has 0 aliphatic carbocycles. The van der Waals surface area contributed by atoms with Crippen molar-refractivity contribution in [1.29, 1.82) is 0 Å². The van der Waals surface area contributed by atoms with Crippen molar-refractivity contribution >= 4 is 24.3 Å². The number of rotatable bonds is 13. The Morgan fingerprint density at radius 1 is 0.875 bits per heavy atom. The van der Waals surface area contributed by atoms with Crippen molar-refractivity contribution in [2.75, 3.05) is 0 Å². The van der Waals surface area contributed by atoms with E-state index in [1.165, 1.54) is 51.8 Å². The average molecular weight is 439 g/mol. The molecule has 3 heteroatoms. The summed E-state index contributed by atoms with van der Waals surface area (Å²) in [4.78, 5) is 12.6. The van der Waals surface area contributed by atoms with E-state index in [4.69, 9.17) is 4.74 Å². The van der Waals surface area contributed by atoms with Crippen LogP contribution in [0, 0.1) is 0 Å². The Balaban J connectivity index is 2.66.